The van der Waals surface area contributed by atoms with Gasteiger partial charge in [-0.2, -0.15) is 11.8 Å². The Kier molecular flexibility index (Phi) is 5.08. The molecule has 1 aromatic rings. The summed E-state index contributed by atoms with van der Waals surface area (Å²) in [4.78, 5) is 10.6. The Bertz CT molecular complexity index is 385. The van der Waals surface area contributed by atoms with Crippen LogP contribution < -0.4 is 5.32 Å². The molecular weight excluding hydrogens is 246 g/mol. The lowest BCUT2D eigenvalue weighted by Crippen LogP contribution is -2.32. The van der Waals surface area contributed by atoms with Crippen molar-refractivity contribution in [3.05, 3.63) is 35.4 Å². The second-order valence-electron chi connectivity index (χ2n) is 4.65. The third kappa shape index (κ3) is 4.35. The standard InChI is InChI=1S/C14H19NO2S/c16-14(17)9-11-1-3-12(4-2-11)10-15-13-5-7-18-8-6-13/h1-4,13,15H,5-10H2,(H,16,17). The summed E-state index contributed by atoms with van der Waals surface area (Å²) < 4.78 is 0. The third-order valence-electron chi connectivity index (χ3n) is 3.19. The molecule has 0 aliphatic carbocycles. The highest BCUT2D eigenvalue weighted by atomic mass is 32.2. The number of hydrogen-bond donors (Lipinski definition) is 2. The number of rotatable bonds is 5. The van der Waals surface area contributed by atoms with Crippen LogP contribution in [0.1, 0.15) is 24.0 Å². The van der Waals surface area contributed by atoms with Crippen LogP contribution in [0.25, 0.3) is 0 Å². The van der Waals surface area contributed by atoms with Crippen LogP contribution in [0, 0.1) is 0 Å². The third-order valence-corrected chi connectivity index (χ3v) is 4.24. The lowest BCUT2D eigenvalue weighted by molar-refractivity contribution is -0.136. The second-order valence-corrected chi connectivity index (χ2v) is 5.88. The van der Waals surface area contributed by atoms with Crippen molar-refractivity contribution in [3.63, 3.8) is 0 Å². The van der Waals surface area contributed by atoms with Crippen LogP contribution in [0.15, 0.2) is 24.3 Å². The summed E-state index contributed by atoms with van der Waals surface area (Å²) in [6.45, 7) is 0.878. The largest absolute Gasteiger partial charge is 0.481 e. The highest BCUT2D eigenvalue weighted by Crippen LogP contribution is 2.17. The highest BCUT2D eigenvalue weighted by molar-refractivity contribution is 7.99. The fourth-order valence-electron chi connectivity index (χ4n) is 2.11. The van der Waals surface area contributed by atoms with E-state index in [4.69, 9.17) is 5.11 Å². The molecule has 0 bridgehead atoms. The Hall–Kier alpha value is -1.00. The SMILES string of the molecule is O=C(O)Cc1ccc(CNC2CCSCC2)cc1. The molecule has 1 aromatic carbocycles. The molecule has 0 aromatic heterocycles. The van der Waals surface area contributed by atoms with Gasteiger partial charge in [-0.1, -0.05) is 24.3 Å². The molecule has 1 fully saturated rings. The average molecular weight is 265 g/mol. The number of carboxylic acids is 1. The molecule has 2 N–H and O–H groups in total. The molecule has 0 radical (unpaired) electrons. The normalized spacial score (nSPS) is 16.7. The van der Waals surface area contributed by atoms with Gasteiger partial charge >= 0.3 is 5.97 Å². The lowest BCUT2D eigenvalue weighted by Gasteiger charge is -2.22. The van der Waals surface area contributed by atoms with Gasteiger partial charge in [-0.15, -0.1) is 0 Å². The van der Waals surface area contributed by atoms with Crippen LogP contribution in [0.3, 0.4) is 0 Å². The van der Waals surface area contributed by atoms with Gasteiger partial charge < -0.3 is 10.4 Å². The Morgan fingerprint density at radius 1 is 1.22 bits per heavy atom. The van der Waals surface area contributed by atoms with Crippen LogP contribution in [0.2, 0.25) is 0 Å². The fraction of sp³-hybridized carbons (Fsp3) is 0.500. The van der Waals surface area contributed by atoms with E-state index in [9.17, 15) is 4.79 Å². The maximum atomic E-state index is 10.6. The van der Waals surface area contributed by atoms with Crippen LogP contribution in [0.5, 0.6) is 0 Å². The summed E-state index contributed by atoms with van der Waals surface area (Å²) in [6, 6.07) is 8.49. The summed E-state index contributed by atoms with van der Waals surface area (Å²) in [5.74, 6) is 1.74. The first kappa shape index (κ1) is 13.4. The van der Waals surface area contributed by atoms with Crippen molar-refractivity contribution in [3.8, 4) is 0 Å². The maximum Gasteiger partial charge on any atom is 0.307 e. The number of aliphatic carboxylic acids is 1. The minimum absolute atomic E-state index is 0.105. The molecule has 3 nitrogen and oxygen atoms in total. The van der Waals surface area contributed by atoms with E-state index in [2.05, 4.69) is 5.32 Å². The number of benzene rings is 1. The first-order chi connectivity index (χ1) is 8.74. The van der Waals surface area contributed by atoms with Gasteiger partial charge in [-0.05, 0) is 35.5 Å². The summed E-state index contributed by atoms with van der Waals surface area (Å²) in [6.07, 6.45) is 2.61. The predicted molar refractivity (Wildman–Crippen MR) is 75.0 cm³/mol. The fourth-order valence-corrected chi connectivity index (χ4v) is 3.22. The summed E-state index contributed by atoms with van der Waals surface area (Å²) >= 11 is 2.03. The van der Waals surface area contributed by atoms with Gasteiger partial charge in [0.15, 0.2) is 0 Å². The lowest BCUT2D eigenvalue weighted by atomic mass is 10.1. The molecule has 18 heavy (non-hydrogen) atoms. The second kappa shape index (κ2) is 6.81. The topological polar surface area (TPSA) is 49.3 Å². The zero-order valence-corrected chi connectivity index (χ0v) is 11.2. The Morgan fingerprint density at radius 2 is 1.83 bits per heavy atom. The van der Waals surface area contributed by atoms with E-state index in [1.165, 1.54) is 29.9 Å². The molecule has 0 saturated carbocycles. The molecule has 98 valence electrons. The molecule has 1 aliphatic heterocycles. The van der Waals surface area contributed by atoms with Crippen molar-refractivity contribution < 1.29 is 9.90 Å². The van der Waals surface area contributed by atoms with Gasteiger partial charge in [0.1, 0.15) is 0 Å². The maximum absolute atomic E-state index is 10.6. The number of thioether (sulfide) groups is 1. The van der Waals surface area contributed by atoms with E-state index in [1.54, 1.807) is 0 Å². The minimum atomic E-state index is -0.777. The smallest absolute Gasteiger partial charge is 0.307 e. The van der Waals surface area contributed by atoms with Crippen LogP contribution in [-0.2, 0) is 17.8 Å². The summed E-state index contributed by atoms with van der Waals surface area (Å²) in [5.41, 5.74) is 2.09. The van der Waals surface area contributed by atoms with Gasteiger partial charge in [-0.3, -0.25) is 4.79 Å². The van der Waals surface area contributed by atoms with Gasteiger partial charge in [0, 0.05) is 12.6 Å². The molecule has 2 rings (SSSR count). The number of carboxylic acid groups (broad SMARTS) is 1. The van der Waals surface area contributed by atoms with Crippen molar-refractivity contribution in [2.75, 3.05) is 11.5 Å². The van der Waals surface area contributed by atoms with Crippen LogP contribution in [-0.4, -0.2) is 28.6 Å². The van der Waals surface area contributed by atoms with E-state index < -0.39 is 5.97 Å². The van der Waals surface area contributed by atoms with E-state index >= 15 is 0 Å². The van der Waals surface area contributed by atoms with E-state index in [1.807, 2.05) is 36.0 Å². The molecule has 4 heteroatoms. The molecule has 0 spiro atoms. The Morgan fingerprint density at radius 3 is 2.44 bits per heavy atom. The Balaban J connectivity index is 1.80. The quantitative estimate of drug-likeness (QED) is 0.857. The average Bonchev–Trinajstić information content (AvgIpc) is 2.38. The summed E-state index contributed by atoms with van der Waals surface area (Å²) in [7, 11) is 0. The van der Waals surface area contributed by atoms with Gasteiger partial charge in [0.2, 0.25) is 0 Å². The van der Waals surface area contributed by atoms with Crippen molar-refractivity contribution in [2.45, 2.75) is 31.8 Å². The molecule has 1 aliphatic rings. The first-order valence-corrected chi connectivity index (χ1v) is 7.50. The number of carbonyl (C=O) groups is 1. The number of hydrogen-bond acceptors (Lipinski definition) is 3. The van der Waals surface area contributed by atoms with E-state index in [-0.39, 0.29) is 6.42 Å². The van der Waals surface area contributed by atoms with Gasteiger partial charge in [0.05, 0.1) is 6.42 Å². The molecule has 0 amide bonds. The van der Waals surface area contributed by atoms with Gasteiger partial charge in [0.25, 0.3) is 0 Å². The van der Waals surface area contributed by atoms with Gasteiger partial charge in [-0.25, -0.2) is 0 Å². The highest BCUT2D eigenvalue weighted by Gasteiger charge is 2.12. The molecule has 0 unspecified atom stereocenters. The molecule has 1 heterocycles. The first-order valence-electron chi connectivity index (χ1n) is 6.35. The van der Waals surface area contributed by atoms with Crippen molar-refractivity contribution in [2.24, 2.45) is 0 Å². The van der Waals surface area contributed by atoms with Crippen LogP contribution in [0.4, 0.5) is 0 Å². The molecule has 1 saturated heterocycles. The van der Waals surface area contributed by atoms with E-state index in [0.717, 1.165) is 12.1 Å². The monoisotopic (exact) mass is 265 g/mol. The van der Waals surface area contributed by atoms with Crippen molar-refractivity contribution in [1.29, 1.82) is 0 Å². The zero-order valence-electron chi connectivity index (χ0n) is 10.4. The van der Waals surface area contributed by atoms with Crippen LogP contribution >= 0.6 is 11.8 Å². The van der Waals surface area contributed by atoms with Crippen molar-refractivity contribution in [1.82, 2.24) is 5.32 Å². The minimum Gasteiger partial charge on any atom is -0.481 e. The zero-order chi connectivity index (χ0) is 12.8. The molecule has 0 atom stereocenters. The predicted octanol–water partition coefficient (Wildman–Crippen LogP) is 2.30. The number of nitrogens with one attached hydrogen (secondary N) is 1. The van der Waals surface area contributed by atoms with E-state index in [0.29, 0.717) is 6.04 Å². The van der Waals surface area contributed by atoms with Crippen molar-refractivity contribution >= 4 is 17.7 Å². The molecular formula is C14H19NO2S. The summed E-state index contributed by atoms with van der Waals surface area (Å²) in [5, 5.41) is 12.3. The Labute approximate surface area is 112 Å².